The quantitative estimate of drug-likeness (QED) is 0.766. The second-order valence-electron chi connectivity index (χ2n) is 4.65. The molecule has 0 spiro atoms. The lowest BCUT2D eigenvalue weighted by atomic mass is 9.96. The number of carbonyl (C=O) groups excluding carboxylic acids is 1. The van der Waals surface area contributed by atoms with E-state index < -0.39 is 0 Å². The number of hydrogen-bond donors (Lipinski definition) is 1. The maximum absolute atomic E-state index is 12.1. The second kappa shape index (κ2) is 8.14. The zero-order chi connectivity index (χ0) is 10.7. The maximum Gasteiger partial charge on any atom is 0.225 e. The standard InChI is InChI=1S/C11H21N3O.2ClH/c1-13-6-8-14(9-7-13)11(15)10-2-4-12-5-3-10;;/h10,12H,2-9H2,1H3;2*1H. The smallest absolute Gasteiger partial charge is 0.225 e. The monoisotopic (exact) mass is 283 g/mol. The van der Waals surface area contributed by atoms with Gasteiger partial charge in [0.05, 0.1) is 0 Å². The highest BCUT2D eigenvalue weighted by atomic mass is 35.5. The molecule has 0 radical (unpaired) electrons. The van der Waals surface area contributed by atoms with Gasteiger partial charge in [-0.05, 0) is 33.0 Å². The molecular formula is C11H23Cl2N3O. The fourth-order valence-corrected chi connectivity index (χ4v) is 2.35. The van der Waals surface area contributed by atoms with Gasteiger partial charge in [0.1, 0.15) is 0 Å². The van der Waals surface area contributed by atoms with Gasteiger partial charge in [0.15, 0.2) is 0 Å². The van der Waals surface area contributed by atoms with E-state index in [4.69, 9.17) is 0 Å². The van der Waals surface area contributed by atoms with Crippen molar-refractivity contribution in [3.05, 3.63) is 0 Å². The van der Waals surface area contributed by atoms with Crippen LogP contribution in [-0.4, -0.2) is 62.0 Å². The molecule has 17 heavy (non-hydrogen) atoms. The van der Waals surface area contributed by atoms with E-state index in [1.165, 1.54) is 0 Å². The summed E-state index contributed by atoms with van der Waals surface area (Å²) in [5.41, 5.74) is 0. The van der Waals surface area contributed by atoms with Crippen LogP contribution in [0.4, 0.5) is 0 Å². The molecule has 2 rings (SSSR count). The molecule has 0 atom stereocenters. The number of hydrogen-bond acceptors (Lipinski definition) is 3. The summed E-state index contributed by atoms with van der Waals surface area (Å²) in [6.07, 6.45) is 2.04. The largest absolute Gasteiger partial charge is 0.340 e. The van der Waals surface area contributed by atoms with Crippen molar-refractivity contribution in [3.8, 4) is 0 Å². The SMILES string of the molecule is CN1CCN(C(=O)C2CCNCC2)CC1.Cl.Cl. The highest BCUT2D eigenvalue weighted by Gasteiger charge is 2.27. The molecule has 0 bridgehead atoms. The average Bonchev–Trinajstić information content (AvgIpc) is 2.30. The van der Waals surface area contributed by atoms with E-state index in [2.05, 4.69) is 22.2 Å². The van der Waals surface area contributed by atoms with Gasteiger partial charge in [-0.1, -0.05) is 0 Å². The van der Waals surface area contributed by atoms with Gasteiger partial charge >= 0.3 is 0 Å². The van der Waals surface area contributed by atoms with Crippen molar-refractivity contribution in [2.75, 3.05) is 46.3 Å². The van der Waals surface area contributed by atoms with Crippen LogP contribution in [0.25, 0.3) is 0 Å². The third-order valence-corrected chi connectivity index (χ3v) is 3.50. The molecule has 2 fully saturated rings. The van der Waals surface area contributed by atoms with Crippen LogP contribution in [-0.2, 0) is 4.79 Å². The Kier molecular flexibility index (Phi) is 8.12. The van der Waals surface area contributed by atoms with Gasteiger partial charge in [-0.3, -0.25) is 4.79 Å². The number of likely N-dealkylation sites (N-methyl/N-ethyl adjacent to an activating group) is 1. The Bertz CT molecular complexity index is 227. The maximum atomic E-state index is 12.1. The summed E-state index contributed by atoms with van der Waals surface area (Å²) in [5, 5.41) is 3.30. The summed E-state index contributed by atoms with van der Waals surface area (Å²) in [6, 6.07) is 0. The highest BCUT2D eigenvalue weighted by Crippen LogP contribution is 2.16. The fourth-order valence-electron chi connectivity index (χ4n) is 2.35. The third-order valence-electron chi connectivity index (χ3n) is 3.50. The van der Waals surface area contributed by atoms with Crippen LogP contribution in [0.2, 0.25) is 0 Å². The van der Waals surface area contributed by atoms with Crippen LogP contribution < -0.4 is 5.32 Å². The summed E-state index contributed by atoms with van der Waals surface area (Å²) in [4.78, 5) is 16.5. The Balaban J connectivity index is 0.00000128. The predicted octanol–water partition coefficient (Wildman–Crippen LogP) is 0.604. The molecule has 0 aromatic rings. The van der Waals surface area contributed by atoms with Gasteiger partial charge in [-0.2, -0.15) is 0 Å². The zero-order valence-corrected chi connectivity index (χ0v) is 12.0. The molecule has 2 heterocycles. The van der Waals surface area contributed by atoms with Crippen LogP contribution in [0.5, 0.6) is 0 Å². The van der Waals surface area contributed by atoms with E-state index in [1.807, 2.05) is 0 Å². The molecule has 102 valence electrons. The Morgan fingerprint density at radius 3 is 2.12 bits per heavy atom. The molecule has 0 aliphatic carbocycles. The Morgan fingerprint density at radius 1 is 1.06 bits per heavy atom. The molecule has 1 amide bonds. The Hall–Kier alpha value is -0.0300. The topological polar surface area (TPSA) is 35.6 Å². The van der Waals surface area contributed by atoms with Crippen molar-refractivity contribution in [2.45, 2.75) is 12.8 Å². The normalized spacial score (nSPS) is 22.5. The van der Waals surface area contributed by atoms with E-state index in [-0.39, 0.29) is 30.7 Å². The molecular weight excluding hydrogens is 261 g/mol. The van der Waals surface area contributed by atoms with Gasteiger partial charge in [0, 0.05) is 32.1 Å². The van der Waals surface area contributed by atoms with Crippen molar-refractivity contribution >= 4 is 30.7 Å². The van der Waals surface area contributed by atoms with E-state index in [9.17, 15) is 4.79 Å². The zero-order valence-electron chi connectivity index (χ0n) is 10.4. The highest BCUT2D eigenvalue weighted by molar-refractivity contribution is 5.85. The number of amides is 1. The minimum absolute atomic E-state index is 0. The molecule has 2 aliphatic heterocycles. The number of piperazine rings is 1. The molecule has 1 N–H and O–H groups in total. The van der Waals surface area contributed by atoms with Gasteiger partial charge < -0.3 is 15.1 Å². The number of rotatable bonds is 1. The first-order valence-corrected chi connectivity index (χ1v) is 5.95. The first-order valence-electron chi connectivity index (χ1n) is 5.95. The Morgan fingerprint density at radius 2 is 1.59 bits per heavy atom. The number of nitrogens with one attached hydrogen (secondary N) is 1. The summed E-state index contributed by atoms with van der Waals surface area (Å²) in [5.74, 6) is 0.680. The van der Waals surface area contributed by atoms with Crippen LogP contribution in [0, 0.1) is 5.92 Å². The molecule has 2 saturated heterocycles. The van der Waals surface area contributed by atoms with Gasteiger partial charge in [-0.25, -0.2) is 0 Å². The molecule has 0 aromatic carbocycles. The van der Waals surface area contributed by atoms with Crippen molar-refractivity contribution in [2.24, 2.45) is 5.92 Å². The summed E-state index contributed by atoms with van der Waals surface area (Å²) >= 11 is 0. The molecule has 0 unspecified atom stereocenters. The van der Waals surface area contributed by atoms with E-state index in [0.717, 1.165) is 52.1 Å². The second-order valence-corrected chi connectivity index (χ2v) is 4.65. The van der Waals surface area contributed by atoms with Gasteiger partial charge in [-0.15, -0.1) is 24.8 Å². The molecule has 2 aliphatic rings. The lowest BCUT2D eigenvalue weighted by Gasteiger charge is -2.35. The van der Waals surface area contributed by atoms with Crippen molar-refractivity contribution in [1.29, 1.82) is 0 Å². The van der Waals surface area contributed by atoms with Crippen molar-refractivity contribution < 1.29 is 4.79 Å². The Labute approximate surface area is 116 Å². The number of piperidine rings is 1. The number of halogens is 2. The summed E-state index contributed by atoms with van der Waals surface area (Å²) < 4.78 is 0. The summed E-state index contributed by atoms with van der Waals surface area (Å²) in [6.45, 7) is 5.89. The molecule has 0 aromatic heterocycles. The van der Waals surface area contributed by atoms with Crippen LogP contribution in [0.3, 0.4) is 0 Å². The molecule has 6 heteroatoms. The van der Waals surface area contributed by atoms with Gasteiger partial charge in [0.2, 0.25) is 5.91 Å². The average molecular weight is 284 g/mol. The van der Waals surface area contributed by atoms with E-state index >= 15 is 0 Å². The van der Waals surface area contributed by atoms with Crippen molar-refractivity contribution in [1.82, 2.24) is 15.1 Å². The fraction of sp³-hybridized carbons (Fsp3) is 0.909. The number of carbonyl (C=O) groups is 1. The third kappa shape index (κ3) is 4.62. The van der Waals surface area contributed by atoms with E-state index in [1.54, 1.807) is 0 Å². The number of nitrogens with zero attached hydrogens (tertiary/aromatic N) is 2. The van der Waals surface area contributed by atoms with Crippen molar-refractivity contribution in [3.63, 3.8) is 0 Å². The lowest BCUT2D eigenvalue weighted by Crippen LogP contribution is -2.50. The van der Waals surface area contributed by atoms with Gasteiger partial charge in [0.25, 0.3) is 0 Å². The first kappa shape index (κ1) is 17.0. The molecule has 0 saturated carbocycles. The van der Waals surface area contributed by atoms with Crippen LogP contribution in [0.15, 0.2) is 0 Å². The lowest BCUT2D eigenvalue weighted by molar-refractivity contribution is -0.137. The minimum atomic E-state index is 0. The van der Waals surface area contributed by atoms with Crippen LogP contribution >= 0.6 is 24.8 Å². The first-order chi connectivity index (χ1) is 7.27. The molecule has 4 nitrogen and oxygen atoms in total. The summed E-state index contributed by atoms with van der Waals surface area (Å²) in [7, 11) is 2.12. The minimum Gasteiger partial charge on any atom is -0.340 e. The van der Waals surface area contributed by atoms with Crippen LogP contribution in [0.1, 0.15) is 12.8 Å². The predicted molar refractivity (Wildman–Crippen MR) is 74.2 cm³/mol. The van der Waals surface area contributed by atoms with E-state index in [0.29, 0.717) is 5.91 Å².